The molecule has 0 aromatic carbocycles. The predicted molar refractivity (Wildman–Crippen MR) is 41.5 cm³/mol. The summed E-state index contributed by atoms with van der Waals surface area (Å²) in [5, 5.41) is 19.6. The molecule has 12 heavy (non-hydrogen) atoms. The van der Waals surface area contributed by atoms with Gasteiger partial charge in [0.2, 0.25) is 0 Å². The van der Waals surface area contributed by atoms with E-state index in [9.17, 15) is 4.79 Å². The third kappa shape index (κ3) is 4.28. The first kappa shape index (κ1) is 10.4. The van der Waals surface area contributed by atoms with E-state index in [2.05, 4.69) is 9.99 Å². The molecule has 0 aliphatic carbocycles. The van der Waals surface area contributed by atoms with Gasteiger partial charge in [-0.1, -0.05) is 18.5 Å². The molecular formula is C7H10N2O3. The van der Waals surface area contributed by atoms with Gasteiger partial charge in [0.15, 0.2) is 0 Å². The number of nitrogens with zero attached hydrogens (tertiary/aromatic N) is 2. The second-order valence-electron chi connectivity index (χ2n) is 2.04. The number of rotatable bonds is 5. The van der Waals surface area contributed by atoms with Gasteiger partial charge in [0.05, 0.1) is 0 Å². The molecule has 0 fully saturated rings. The van der Waals surface area contributed by atoms with Gasteiger partial charge in [-0.05, 0) is 6.42 Å². The summed E-state index contributed by atoms with van der Waals surface area (Å²) in [4.78, 5) is 14.7. The molecule has 0 unspecified atom stereocenters. The average Bonchev–Trinajstić information content (AvgIpc) is 2.04. The van der Waals surface area contributed by atoms with Gasteiger partial charge < -0.3 is 9.94 Å². The van der Waals surface area contributed by atoms with Crippen LogP contribution in [-0.2, 0) is 9.63 Å². The van der Waals surface area contributed by atoms with Crippen LogP contribution in [0.3, 0.4) is 0 Å². The number of unbranched alkanes of at least 4 members (excludes halogenated alkanes) is 1. The molecule has 0 amide bonds. The summed E-state index contributed by atoms with van der Waals surface area (Å²) in [6.45, 7) is 2.31. The van der Waals surface area contributed by atoms with E-state index in [4.69, 9.17) is 10.4 Å². The highest BCUT2D eigenvalue weighted by molar-refractivity contribution is 6.42. The van der Waals surface area contributed by atoms with Crippen LogP contribution in [0.15, 0.2) is 5.16 Å². The summed E-state index contributed by atoms with van der Waals surface area (Å²) in [7, 11) is 0. The Morgan fingerprint density at radius 2 is 2.42 bits per heavy atom. The molecule has 0 radical (unpaired) electrons. The lowest BCUT2D eigenvalue weighted by atomic mass is 10.4. The number of aliphatic carboxylic acids is 1. The van der Waals surface area contributed by atoms with Crippen molar-refractivity contribution in [3.05, 3.63) is 0 Å². The zero-order chi connectivity index (χ0) is 9.40. The van der Waals surface area contributed by atoms with Crippen molar-refractivity contribution in [2.45, 2.75) is 19.8 Å². The fraction of sp³-hybridized carbons (Fsp3) is 0.571. The van der Waals surface area contributed by atoms with Crippen molar-refractivity contribution in [2.75, 3.05) is 6.61 Å². The number of hydrogen-bond acceptors (Lipinski definition) is 4. The van der Waals surface area contributed by atoms with Crippen molar-refractivity contribution < 1.29 is 14.7 Å². The summed E-state index contributed by atoms with van der Waals surface area (Å²) in [6, 6.07) is 1.40. The molecule has 0 atom stereocenters. The fourth-order valence-corrected chi connectivity index (χ4v) is 0.426. The number of hydrogen-bond donors (Lipinski definition) is 1. The second-order valence-corrected chi connectivity index (χ2v) is 2.04. The van der Waals surface area contributed by atoms with E-state index in [1.807, 2.05) is 6.92 Å². The zero-order valence-electron chi connectivity index (χ0n) is 6.78. The van der Waals surface area contributed by atoms with E-state index < -0.39 is 11.7 Å². The Kier molecular flexibility index (Phi) is 5.35. The van der Waals surface area contributed by atoms with Gasteiger partial charge in [-0.2, -0.15) is 5.26 Å². The molecule has 1 N–H and O–H groups in total. The maximum absolute atomic E-state index is 10.2. The molecule has 0 saturated carbocycles. The smallest absolute Gasteiger partial charge is 0.369 e. The first-order chi connectivity index (χ1) is 5.72. The Balaban J connectivity index is 3.81. The van der Waals surface area contributed by atoms with Crippen LogP contribution in [0.2, 0.25) is 0 Å². The lowest BCUT2D eigenvalue weighted by Gasteiger charge is -1.95. The SMILES string of the molecule is CCCCO/N=C(/C#N)C(=O)O. The van der Waals surface area contributed by atoms with Crippen molar-refractivity contribution >= 4 is 11.7 Å². The van der Waals surface area contributed by atoms with Crippen LogP contribution < -0.4 is 0 Å². The molecule has 0 saturated heterocycles. The number of oxime groups is 1. The highest BCUT2D eigenvalue weighted by Gasteiger charge is 2.07. The number of carboxylic acid groups (broad SMARTS) is 1. The Bertz CT molecular complexity index is 217. The van der Waals surface area contributed by atoms with Gasteiger partial charge >= 0.3 is 5.97 Å². The molecule has 0 bridgehead atoms. The van der Waals surface area contributed by atoms with Crippen molar-refractivity contribution in [3.8, 4) is 6.07 Å². The van der Waals surface area contributed by atoms with Crippen LogP contribution in [0.5, 0.6) is 0 Å². The zero-order valence-corrected chi connectivity index (χ0v) is 6.78. The minimum Gasteiger partial charge on any atom is -0.476 e. The molecule has 0 aromatic heterocycles. The minimum absolute atomic E-state index is 0.342. The second kappa shape index (κ2) is 6.16. The van der Waals surface area contributed by atoms with E-state index in [0.29, 0.717) is 6.61 Å². The quantitative estimate of drug-likeness (QED) is 0.375. The van der Waals surface area contributed by atoms with Crippen LogP contribution in [-0.4, -0.2) is 23.4 Å². The summed E-state index contributed by atoms with van der Waals surface area (Å²) < 4.78 is 0. The van der Waals surface area contributed by atoms with E-state index in [0.717, 1.165) is 12.8 Å². The number of nitriles is 1. The number of carboxylic acids is 1. The summed E-state index contributed by atoms with van der Waals surface area (Å²) in [5.74, 6) is -1.37. The average molecular weight is 170 g/mol. The largest absolute Gasteiger partial charge is 0.476 e. The van der Waals surface area contributed by atoms with E-state index >= 15 is 0 Å². The van der Waals surface area contributed by atoms with E-state index in [1.165, 1.54) is 6.07 Å². The van der Waals surface area contributed by atoms with Crippen molar-refractivity contribution in [2.24, 2.45) is 5.16 Å². The monoisotopic (exact) mass is 170 g/mol. The van der Waals surface area contributed by atoms with Gasteiger partial charge in [0.1, 0.15) is 12.7 Å². The standard InChI is InChI=1S/C7H10N2O3/c1-2-3-4-12-9-6(5-8)7(10)11/h2-4H2,1H3,(H,10,11)/b9-6-. The Morgan fingerprint density at radius 3 is 2.83 bits per heavy atom. The third-order valence-electron chi connectivity index (χ3n) is 1.05. The molecule has 5 nitrogen and oxygen atoms in total. The van der Waals surface area contributed by atoms with Crippen LogP contribution in [0.25, 0.3) is 0 Å². The maximum atomic E-state index is 10.2. The first-order valence-electron chi connectivity index (χ1n) is 3.55. The molecular weight excluding hydrogens is 160 g/mol. The lowest BCUT2D eigenvalue weighted by molar-refractivity contribution is -0.129. The van der Waals surface area contributed by atoms with Crippen LogP contribution in [0.1, 0.15) is 19.8 Å². The summed E-state index contributed by atoms with van der Waals surface area (Å²) >= 11 is 0. The number of carbonyl (C=O) groups is 1. The predicted octanol–water partition coefficient (Wildman–Crippen LogP) is 0.767. The fourth-order valence-electron chi connectivity index (χ4n) is 0.426. The summed E-state index contributed by atoms with van der Waals surface area (Å²) in [5.41, 5.74) is -0.619. The van der Waals surface area contributed by atoms with Gasteiger partial charge in [0.25, 0.3) is 5.71 Å². The molecule has 0 aromatic rings. The topological polar surface area (TPSA) is 82.7 Å². The Hall–Kier alpha value is -1.57. The summed E-state index contributed by atoms with van der Waals surface area (Å²) in [6.07, 6.45) is 1.73. The van der Waals surface area contributed by atoms with E-state index in [1.54, 1.807) is 0 Å². The van der Waals surface area contributed by atoms with Gasteiger partial charge in [-0.15, -0.1) is 0 Å². The van der Waals surface area contributed by atoms with Crippen molar-refractivity contribution in [1.82, 2.24) is 0 Å². The Morgan fingerprint density at radius 1 is 1.75 bits per heavy atom. The molecule has 0 spiro atoms. The van der Waals surface area contributed by atoms with Gasteiger partial charge in [-0.3, -0.25) is 0 Å². The van der Waals surface area contributed by atoms with Crippen molar-refractivity contribution in [1.29, 1.82) is 5.26 Å². The molecule has 0 aliphatic rings. The molecule has 0 rings (SSSR count). The van der Waals surface area contributed by atoms with Crippen LogP contribution >= 0.6 is 0 Å². The van der Waals surface area contributed by atoms with E-state index in [-0.39, 0.29) is 0 Å². The lowest BCUT2D eigenvalue weighted by Crippen LogP contribution is -2.10. The first-order valence-corrected chi connectivity index (χ1v) is 3.55. The van der Waals surface area contributed by atoms with Crippen LogP contribution in [0.4, 0.5) is 0 Å². The molecule has 0 aliphatic heterocycles. The minimum atomic E-state index is -1.37. The maximum Gasteiger partial charge on any atom is 0.369 e. The Labute approximate surface area is 70.2 Å². The third-order valence-corrected chi connectivity index (χ3v) is 1.05. The molecule has 0 heterocycles. The van der Waals surface area contributed by atoms with Crippen LogP contribution in [0, 0.1) is 11.3 Å². The highest BCUT2D eigenvalue weighted by Crippen LogP contribution is 1.89. The molecule has 5 heteroatoms. The highest BCUT2D eigenvalue weighted by atomic mass is 16.6. The molecule has 66 valence electrons. The normalized spacial score (nSPS) is 10.5. The van der Waals surface area contributed by atoms with Crippen molar-refractivity contribution in [3.63, 3.8) is 0 Å². The van der Waals surface area contributed by atoms with Gasteiger partial charge in [-0.25, -0.2) is 4.79 Å². The van der Waals surface area contributed by atoms with Gasteiger partial charge in [0, 0.05) is 0 Å².